The topological polar surface area (TPSA) is 81.9 Å². The van der Waals surface area contributed by atoms with Crippen LogP contribution in [0.1, 0.15) is 55.6 Å². The minimum atomic E-state index is -0.578. The molecule has 0 bridgehead atoms. The van der Waals surface area contributed by atoms with Gasteiger partial charge < -0.3 is 18.9 Å². The molecule has 1 aliphatic heterocycles. The maximum Gasteiger partial charge on any atom is 0.410 e. The van der Waals surface area contributed by atoms with Gasteiger partial charge in [0.2, 0.25) is 0 Å². The quantitative estimate of drug-likeness (QED) is 0.619. The Morgan fingerprint density at radius 1 is 1.48 bits per heavy atom. The second kappa shape index (κ2) is 7.21. The Kier molecular flexibility index (Phi) is 5.51. The van der Waals surface area contributed by atoms with Gasteiger partial charge in [-0.2, -0.15) is 0 Å². The van der Waals surface area contributed by atoms with E-state index < -0.39 is 11.6 Å². The number of esters is 1. The van der Waals surface area contributed by atoms with Crippen molar-refractivity contribution in [2.75, 3.05) is 19.2 Å². The smallest absolute Gasteiger partial charge is 0.410 e. The second-order valence-electron chi connectivity index (χ2n) is 6.42. The fourth-order valence-corrected chi connectivity index (χ4v) is 2.61. The van der Waals surface area contributed by atoms with E-state index in [-0.39, 0.29) is 23.6 Å². The summed E-state index contributed by atoms with van der Waals surface area (Å²) in [6, 6.07) is -0.238. The predicted molar refractivity (Wildman–Crippen MR) is 82.4 cm³/mol. The van der Waals surface area contributed by atoms with Gasteiger partial charge in [0, 0.05) is 19.0 Å². The summed E-state index contributed by atoms with van der Waals surface area (Å²) >= 11 is 5.41. The summed E-state index contributed by atoms with van der Waals surface area (Å²) < 4.78 is 15.1. The number of aromatic nitrogens is 1. The van der Waals surface area contributed by atoms with Crippen LogP contribution in [-0.2, 0) is 9.47 Å². The lowest BCUT2D eigenvalue weighted by molar-refractivity contribution is 0.0196. The van der Waals surface area contributed by atoms with Gasteiger partial charge in [0.25, 0.3) is 0 Å². The molecule has 0 saturated carbocycles. The lowest BCUT2D eigenvalue weighted by Gasteiger charge is -2.33. The molecule has 23 heavy (non-hydrogen) atoms. The highest BCUT2D eigenvalue weighted by Crippen LogP contribution is 2.29. The summed E-state index contributed by atoms with van der Waals surface area (Å²) in [6.07, 6.45) is 2.47. The fourth-order valence-electron chi connectivity index (χ4n) is 2.51. The Balaban J connectivity index is 2.09. The molecule has 1 unspecified atom stereocenters. The van der Waals surface area contributed by atoms with E-state index in [0.717, 1.165) is 12.8 Å². The summed E-state index contributed by atoms with van der Waals surface area (Å²) in [5.41, 5.74) is 0.197. The molecule has 1 aromatic heterocycles. The molecule has 0 spiro atoms. The third kappa shape index (κ3) is 4.60. The van der Waals surface area contributed by atoms with Crippen molar-refractivity contribution < 1.29 is 23.6 Å². The third-order valence-corrected chi connectivity index (χ3v) is 3.57. The van der Waals surface area contributed by atoms with Crippen LogP contribution in [0.15, 0.2) is 10.8 Å². The van der Waals surface area contributed by atoms with Crippen molar-refractivity contribution in [1.29, 1.82) is 0 Å². The van der Waals surface area contributed by atoms with E-state index in [1.54, 1.807) is 4.90 Å². The summed E-state index contributed by atoms with van der Waals surface area (Å²) in [7, 11) is 0. The van der Waals surface area contributed by atoms with E-state index in [1.165, 1.54) is 6.26 Å². The maximum atomic E-state index is 12.2. The lowest BCUT2D eigenvalue weighted by Crippen LogP contribution is -2.42. The van der Waals surface area contributed by atoms with Crippen molar-refractivity contribution >= 4 is 23.7 Å². The zero-order valence-corrected chi connectivity index (χ0v) is 14.3. The van der Waals surface area contributed by atoms with E-state index in [4.69, 9.17) is 25.6 Å². The van der Waals surface area contributed by atoms with Crippen molar-refractivity contribution in [3.63, 3.8) is 0 Å². The highest BCUT2D eigenvalue weighted by molar-refractivity contribution is 6.17. The number of amides is 1. The number of carbonyl (C=O) groups is 2. The molecule has 1 aromatic rings. The van der Waals surface area contributed by atoms with Crippen LogP contribution in [0.3, 0.4) is 0 Å². The van der Waals surface area contributed by atoms with Crippen LogP contribution in [0.4, 0.5) is 4.79 Å². The van der Waals surface area contributed by atoms with Gasteiger partial charge in [0.15, 0.2) is 6.07 Å². The van der Waals surface area contributed by atoms with Gasteiger partial charge in [0.05, 0.1) is 0 Å². The number of carbonyl (C=O) groups excluding carboxylic acids is 2. The van der Waals surface area contributed by atoms with Crippen molar-refractivity contribution in [1.82, 2.24) is 10.1 Å². The zero-order valence-electron chi connectivity index (χ0n) is 13.5. The van der Waals surface area contributed by atoms with Crippen LogP contribution in [0.5, 0.6) is 0 Å². The van der Waals surface area contributed by atoms with Gasteiger partial charge in [-0.3, -0.25) is 0 Å². The highest BCUT2D eigenvalue weighted by atomic mass is 35.5. The van der Waals surface area contributed by atoms with E-state index in [2.05, 4.69) is 5.16 Å². The molecule has 1 fully saturated rings. The van der Waals surface area contributed by atoms with E-state index in [1.807, 2.05) is 20.8 Å². The third-order valence-electron chi connectivity index (χ3n) is 3.46. The highest BCUT2D eigenvalue weighted by Gasteiger charge is 2.32. The Labute approximate surface area is 139 Å². The Morgan fingerprint density at radius 3 is 2.87 bits per heavy atom. The van der Waals surface area contributed by atoms with Crippen LogP contribution in [0.25, 0.3) is 0 Å². The molecule has 7 nitrogen and oxygen atoms in total. The minimum Gasteiger partial charge on any atom is -0.446 e. The van der Waals surface area contributed by atoms with Gasteiger partial charge in [-0.15, -0.1) is 0 Å². The van der Waals surface area contributed by atoms with Gasteiger partial charge >= 0.3 is 12.1 Å². The first kappa shape index (κ1) is 17.6. The summed E-state index contributed by atoms with van der Waals surface area (Å²) in [6.45, 7) is 6.51. The molecule has 1 saturated heterocycles. The van der Waals surface area contributed by atoms with Crippen LogP contribution in [0, 0.1) is 0 Å². The molecular weight excluding hydrogens is 324 g/mol. The molecule has 2 rings (SSSR count). The van der Waals surface area contributed by atoms with Crippen molar-refractivity contribution in [3.8, 4) is 0 Å². The Hall–Kier alpha value is -1.76. The molecule has 1 aliphatic rings. The monoisotopic (exact) mass is 344 g/mol. The number of piperidine rings is 1. The molecule has 2 heterocycles. The number of ether oxygens (including phenoxy) is 2. The number of rotatable bonds is 3. The number of hydrogen-bond donors (Lipinski definition) is 0. The lowest BCUT2D eigenvalue weighted by atomic mass is 9.93. The zero-order chi connectivity index (χ0) is 17.0. The molecule has 8 heteroatoms. The summed E-state index contributed by atoms with van der Waals surface area (Å²) in [4.78, 5) is 25.7. The van der Waals surface area contributed by atoms with Crippen molar-refractivity contribution in [2.24, 2.45) is 0 Å². The number of halogens is 1. The number of hydrogen-bond acceptors (Lipinski definition) is 6. The standard InChI is InChI=1S/C15H21ClN2O5/c1-15(2,3)23-14(20)18-6-4-5-10(7-18)12-11(8-22-17-12)13(19)21-9-16/h8,10H,4-7,9H2,1-3H3. The molecule has 0 radical (unpaired) electrons. The van der Waals surface area contributed by atoms with Crippen molar-refractivity contribution in [2.45, 2.75) is 45.1 Å². The molecular formula is C15H21ClN2O5. The molecule has 128 valence electrons. The van der Waals surface area contributed by atoms with Crippen LogP contribution in [0.2, 0.25) is 0 Å². The van der Waals surface area contributed by atoms with Gasteiger partial charge in [-0.1, -0.05) is 16.8 Å². The number of nitrogens with zero attached hydrogens (tertiary/aromatic N) is 2. The summed E-state index contributed by atoms with van der Waals surface area (Å²) in [5, 5.41) is 3.91. The Morgan fingerprint density at radius 2 is 2.22 bits per heavy atom. The van der Waals surface area contributed by atoms with E-state index in [9.17, 15) is 9.59 Å². The molecule has 0 aromatic carbocycles. The second-order valence-corrected chi connectivity index (χ2v) is 6.64. The van der Waals surface area contributed by atoms with E-state index in [0.29, 0.717) is 18.8 Å². The SMILES string of the molecule is CC(C)(C)OC(=O)N1CCCC(c2nocc2C(=O)OCCl)C1. The van der Waals surface area contributed by atoms with Crippen LogP contribution >= 0.6 is 11.6 Å². The molecule has 1 amide bonds. The van der Waals surface area contributed by atoms with Crippen LogP contribution < -0.4 is 0 Å². The predicted octanol–water partition coefficient (Wildman–Crippen LogP) is 3.14. The average molecular weight is 345 g/mol. The number of likely N-dealkylation sites (tertiary alicyclic amines) is 1. The first-order chi connectivity index (χ1) is 10.8. The first-order valence-electron chi connectivity index (χ1n) is 7.47. The van der Waals surface area contributed by atoms with E-state index >= 15 is 0 Å². The maximum absolute atomic E-state index is 12.2. The van der Waals surface area contributed by atoms with Gasteiger partial charge in [0.1, 0.15) is 23.1 Å². The van der Waals surface area contributed by atoms with Gasteiger partial charge in [-0.25, -0.2) is 9.59 Å². The normalized spacial score (nSPS) is 18.6. The summed E-state index contributed by atoms with van der Waals surface area (Å²) in [5.74, 6) is -0.682. The van der Waals surface area contributed by atoms with Gasteiger partial charge in [-0.05, 0) is 33.6 Å². The minimum absolute atomic E-state index is 0.104. The molecule has 0 aliphatic carbocycles. The fraction of sp³-hybridized carbons (Fsp3) is 0.667. The average Bonchev–Trinajstić information content (AvgIpc) is 2.95. The molecule has 1 atom stereocenters. The van der Waals surface area contributed by atoms with Crippen LogP contribution in [-0.4, -0.2) is 46.9 Å². The largest absolute Gasteiger partial charge is 0.446 e. The first-order valence-corrected chi connectivity index (χ1v) is 8.00. The molecule has 0 N–H and O–H groups in total. The van der Waals surface area contributed by atoms with Crippen molar-refractivity contribution in [3.05, 3.63) is 17.5 Å². The Bertz CT molecular complexity index is 566. The number of alkyl halides is 1.